The summed E-state index contributed by atoms with van der Waals surface area (Å²) in [5.41, 5.74) is 1.23. The lowest BCUT2D eigenvalue weighted by Gasteiger charge is -2.29. The van der Waals surface area contributed by atoms with Crippen LogP contribution in [-0.2, 0) is 4.74 Å². The van der Waals surface area contributed by atoms with Gasteiger partial charge in [-0.2, -0.15) is 0 Å². The van der Waals surface area contributed by atoms with Gasteiger partial charge in [0.2, 0.25) is 0 Å². The van der Waals surface area contributed by atoms with E-state index in [0.717, 1.165) is 11.3 Å². The van der Waals surface area contributed by atoms with E-state index in [1.165, 1.54) is 0 Å². The minimum absolute atomic E-state index is 0.0993. The second-order valence-electron chi connectivity index (χ2n) is 5.87. The first-order valence-corrected chi connectivity index (χ1v) is 7.43. The molecule has 0 bridgehead atoms. The molecule has 1 unspecified atom stereocenters. The molecule has 2 aromatic rings. The molecule has 22 heavy (non-hydrogen) atoms. The Hall–Kier alpha value is -2.33. The zero-order chi connectivity index (χ0) is 15.6. The van der Waals surface area contributed by atoms with Crippen LogP contribution in [0.4, 0.5) is 10.5 Å². The molecule has 1 saturated heterocycles. The molecular formula is C18H20N2O2. The number of ether oxygens (including phenoxy) is 1. The molecule has 0 aliphatic carbocycles. The molecule has 0 radical (unpaired) electrons. The van der Waals surface area contributed by atoms with Crippen LogP contribution >= 0.6 is 0 Å². The van der Waals surface area contributed by atoms with Crippen LogP contribution in [0.15, 0.2) is 60.7 Å². The van der Waals surface area contributed by atoms with Crippen molar-refractivity contribution in [3.05, 3.63) is 66.2 Å². The van der Waals surface area contributed by atoms with Crippen molar-refractivity contribution in [1.29, 1.82) is 0 Å². The van der Waals surface area contributed by atoms with E-state index < -0.39 is 5.72 Å². The van der Waals surface area contributed by atoms with Crippen molar-refractivity contribution in [2.24, 2.45) is 0 Å². The molecule has 114 valence electrons. The summed E-state index contributed by atoms with van der Waals surface area (Å²) in [5, 5.41) is 2.92. The summed E-state index contributed by atoms with van der Waals surface area (Å²) in [6.07, 6.45) is -0.0993. The minimum Gasteiger partial charge on any atom is -0.346 e. The summed E-state index contributed by atoms with van der Waals surface area (Å²) in [7, 11) is 0. The second kappa shape index (κ2) is 5.81. The van der Waals surface area contributed by atoms with Gasteiger partial charge in [-0.1, -0.05) is 48.5 Å². The fraction of sp³-hybridized carbons (Fsp3) is 0.278. The first kappa shape index (κ1) is 14.6. The molecule has 4 heteroatoms. The molecule has 0 aromatic heterocycles. The lowest BCUT2D eigenvalue weighted by Crippen LogP contribution is -2.45. The Bertz CT molecular complexity index is 641. The van der Waals surface area contributed by atoms with E-state index >= 15 is 0 Å². The predicted octanol–water partition coefficient (Wildman–Crippen LogP) is 4.03. The fourth-order valence-corrected chi connectivity index (χ4v) is 2.72. The highest BCUT2D eigenvalue weighted by molar-refractivity contribution is 5.89. The summed E-state index contributed by atoms with van der Waals surface area (Å²) in [5.74, 6) is 0. The third-order valence-corrected chi connectivity index (χ3v) is 3.87. The molecule has 2 aromatic carbocycles. The highest BCUT2D eigenvalue weighted by Gasteiger charge is 2.42. The number of benzene rings is 2. The van der Waals surface area contributed by atoms with Gasteiger partial charge in [-0.15, -0.1) is 0 Å². The van der Waals surface area contributed by atoms with Gasteiger partial charge in [0.1, 0.15) is 11.8 Å². The number of carbonyl (C=O) groups excluding carboxylic acids is 1. The van der Waals surface area contributed by atoms with Gasteiger partial charge < -0.3 is 10.1 Å². The molecule has 1 atom stereocenters. The number of amides is 2. The highest BCUT2D eigenvalue weighted by atomic mass is 16.5. The van der Waals surface area contributed by atoms with Crippen LogP contribution in [-0.4, -0.2) is 23.2 Å². The third kappa shape index (κ3) is 2.97. The SMILES string of the molecule is CC1(C)OC(c2ccccc2)CN1C(=O)Nc1ccccc1. The first-order valence-electron chi connectivity index (χ1n) is 7.43. The molecule has 1 fully saturated rings. The highest BCUT2D eigenvalue weighted by Crippen LogP contribution is 2.35. The van der Waals surface area contributed by atoms with Crippen molar-refractivity contribution < 1.29 is 9.53 Å². The number of nitrogens with one attached hydrogen (secondary N) is 1. The Labute approximate surface area is 130 Å². The van der Waals surface area contributed by atoms with E-state index in [4.69, 9.17) is 4.74 Å². The van der Waals surface area contributed by atoms with Gasteiger partial charge in [0.05, 0.1) is 6.54 Å². The van der Waals surface area contributed by atoms with Crippen molar-refractivity contribution in [1.82, 2.24) is 4.90 Å². The molecule has 1 N–H and O–H groups in total. The van der Waals surface area contributed by atoms with Crippen LogP contribution in [0.5, 0.6) is 0 Å². The van der Waals surface area contributed by atoms with Gasteiger partial charge >= 0.3 is 6.03 Å². The summed E-state index contributed by atoms with van der Waals surface area (Å²) in [4.78, 5) is 14.3. The maximum atomic E-state index is 12.5. The Morgan fingerprint density at radius 3 is 2.32 bits per heavy atom. The van der Waals surface area contributed by atoms with Crippen LogP contribution in [0.2, 0.25) is 0 Å². The molecule has 4 nitrogen and oxygen atoms in total. The van der Waals surface area contributed by atoms with Crippen LogP contribution < -0.4 is 5.32 Å². The molecule has 0 saturated carbocycles. The zero-order valence-corrected chi connectivity index (χ0v) is 12.8. The third-order valence-electron chi connectivity index (χ3n) is 3.87. The summed E-state index contributed by atoms with van der Waals surface area (Å²) < 4.78 is 6.07. The zero-order valence-electron chi connectivity index (χ0n) is 12.8. The van der Waals surface area contributed by atoms with Crippen molar-refractivity contribution in [3.63, 3.8) is 0 Å². The van der Waals surface area contributed by atoms with Gasteiger partial charge in [0.15, 0.2) is 0 Å². The van der Waals surface area contributed by atoms with E-state index in [0.29, 0.717) is 6.54 Å². The van der Waals surface area contributed by atoms with E-state index in [-0.39, 0.29) is 12.1 Å². The standard InChI is InChI=1S/C18H20N2O2/c1-18(2)20(17(21)19-15-11-7-4-8-12-15)13-16(22-18)14-9-5-3-6-10-14/h3-12,16H,13H2,1-2H3,(H,19,21). The van der Waals surface area contributed by atoms with E-state index in [1.54, 1.807) is 4.90 Å². The number of hydrogen-bond acceptors (Lipinski definition) is 2. The number of anilines is 1. The fourth-order valence-electron chi connectivity index (χ4n) is 2.72. The molecule has 3 rings (SSSR count). The van der Waals surface area contributed by atoms with Gasteiger partial charge in [-0.25, -0.2) is 4.79 Å². The van der Waals surface area contributed by atoms with Crippen molar-refractivity contribution in [2.45, 2.75) is 25.7 Å². The minimum atomic E-state index is -0.640. The Kier molecular flexibility index (Phi) is 3.86. The van der Waals surface area contributed by atoms with Gasteiger partial charge in [0.25, 0.3) is 0 Å². The first-order chi connectivity index (χ1) is 10.6. The van der Waals surface area contributed by atoms with Crippen molar-refractivity contribution in [3.8, 4) is 0 Å². The molecule has 1 heterocycles. The number of carbonyl (C=O) groups is 1. The monoisotopic (exact) mass is 296 g/mol. The Morgan fingerprint density at radius 1 is 1.09 bits per heavy atom. The molecule has 1 aliphatic rings. The Morgan fingerprint density at radius 2 is 1.68 bits per heavy atom. The smallest absolute Gasteiger partial charge is 0.324 e. The van der Waals surface area contributed by atoms with Gasteiger partial charge in [-0.05, 0) is 31.5 Å². The average molecular weight is 296 g/mol. The van der Waals surface area contributed by atoms with Crippen LogP contribution in [0, 0.1) is 0 Å². The lowest BCUT2D eigenvalue weighted by atomic mass is 10.1. The topological polar surface area (TPSA) is 41.6 Å². The van der Waals surface area contributed by atoms with E-state index in [9.17, 15) is 4.79 Å². The lowest BCUT2D eigenvalue weighted by molar-refractivity contribution is -0.0599. The number of rotatable bonds is 2. The summed E-state index contributed by atoms with van der Waals surface area (Å²) in [6.45, 7) is 4.37. The van der Waals surface area contributed by atoms with Crippen LogP contribution in [0.3, 0.4) is 0 Å². The second-order valence-corrected chi connectivity index (χ2v) is 5.87. The summed E-state index contributed by atoms with van der Waals surface area (Å²) in [6, 6.07) is 19.3. The van der Waals surface area contributed by atoms with Crippen LogP contribution in [0.1, 0.15) is 25.5 Å². The normalized spacial score (nSPS) is 19.9. The van der Waals surface area contributed by atoms with E-state index in [1.807, 2.05) is 74.5 Å². The Balaban J connectivity index is 1.74. The van der Waals surface area contributed by atoms with E-state index in [2.05, 4.69) is 5.32 Å². The molecule has 1 aliphatic heterocycles. The van der Waals surface area contributed by atoms with Crippen molar-refractivity contribution in [2.75, 3.05) is 11.9 Å². The molecule has 2 amide bonds. The number of hydrogen-bond donors (Lipinski definition) is 1. The van der Waals surface area contributed by atoms with Crippen LogP contribution in [0.25, 0.3) is 0 Å². The largest absolute Gasteiger partial charge is 0.346 e. The molecular weight excluding hydrogens is 276 g/mol. The maximum Gasteiger partial charge on any atom is 0.324 e. The predicted molar refractivity (Wildman–Crippen MR) is 86.5 cm³/mol. The van der Waals surface area contributed by atoms with Crippen molar-refractivity contribution >= 4 is 11.7 Å². The van der Waals surface area contributed by atoms with Gasteiger partial charge in [0, 0.05) is 5.69 Å². The molecule has 0 spiro atoms. The number of nitrogens with zero attached hydrogens (tertiary/aromatic N) is 1. The quantitative estimate of drug-likeness (QED) is 0.909. The average Bonchev–Trinajstić information content (AvgIpc) is 2.85. The number of para-hydroxylation sites is 1. The number of urea groups is 1. The summed E-state index contributed by atoms with van der Waals surface area (Å²) >= 11 is 0. The van der Waals surface area contributed by atoms with Gasteiger partial charge in [-0.3, -0.25) is 4.90 Å². The maximum absolute atomic E-state index is 12.5.